The van der Waals surface area contributed by atoms with E-state index in [0.717, 1.165) is 17.1 Å². The minimum Gasteiger partial charge on any atom is -0.329 e. The van der Waals surface area contributed by atoms with Gasteiger partial charge in [0.1, 0.15) is 5.82 Å². The molecule has 0 spiro atoms. The molecule has 0 amide bonds. The van der Waals surface area contributed by atoms with Crippen LogP contribution in [0.5, 0.6) is 0 Å². The summed E-state index contributed by atoms with van der Waals surface area (Å²) in [5.74, 6) is 0.881. The van der Waals surface area contributed by atoms with Gasteiger partial charge in [-0.2, -0.15) is 10.2 Å². The smallest absolute Gasteiger partial charge is 0.263 e. The topological polar surface area (TPSA) is 43.6 Å². The first-order chi connectivity index (χ1) is 10.6. The number of aromatic nitrogens is 4. The molecule has 0 aliphatic heterocycles. The summed E-state index contributed by atoms with van der Waals surface area (Å²) in [4.78, 5) is 4.16. The van der Waals surface area contributed by atoms with Gasteiger partial charge in [-0.05, 0) is 24.6 Å². The fourth-order valence-electron chi connectivity index (χ4n) is 2.25. The lowest BCUT2D eigenvalue weighted by Crippen LogP contribution is -2.04. The second-order valence-electron chi connectivity index (χ2n) is 4.96. The second kappa shape index (κ2) is 7.28. The molecule has 1 aromatic carbocycles. The van der Waals surface area contributed by atoms with Gasteiger partial charge in [0.25, 0.3) is 6.43 Å². The number of nitrogens with zero attached hydrogens (tertiary/aromatic N) is 4. The zero-order chi connectivity index (χ0) is 15.5. The number of rotatable bonds is 4. The van der Waals surface area contributed by atoms with Gasteiger partial charge in [0, 0.05) is 23.5 Å². The molecule has 0 unspecified atom stereocenters. The van der Waals surface area contributed by atoms with Crippen molar-refractivity contribution in [3.05, 3.63) is 66.0 Å². The summed E-state index contributed by atoms with van der Waals surface area (Å²) >= 11 is 0. The molecule has 3 aromatic rings. The van der Waals surface area contributed by atoms with Gasteiger partial charge in [-0.15, -0.1) is 12.4 Å². The summed E-state index contributed by atoms with van der Waals surface area (Å²) in [7, 11) is 0. The molecule has 3 rings (SSSR count). The second-order valence-corrected chi connectivity index (χ2v) is 4.96. The highest BCUT2D eigenvalue weighted by Gasteiger charge is 2.09. The third-order valence-corrected chi connectivity index (χ3v) is 3.43. The summed E-state index contributed by atoms with van der Waals surface area (Å²) in [6.07, 6.45) is 2.68. The number of alkyl halides is 2. The number of hydrogen-bond donors (Lipinski definition) is 0. The Morgan fingerprint density at radius 1 is 1.17 bits per heavy atom. The van der Waals surface area contributed by atoms with Gasteiger partial charge in [-0.25, -0.2) is 13.8 Å². The van der Waals surface area contributed by atoms with Crippen molar-refractivity contribution in [3.8, 4) is 11.1 Å². The van der Waals surface area contributed by atoms with Crippen LogP contribution in [-0.2, 0) is 6.54 Å². The van der Waals surface area contributed by atoms with Gasteiger partial charge >= 0.3 is 0 Å². The summed E-state index contributed by atoms with van der Waals surface area (Å²) in [5.41, 5.74) is 2.23. The average Bonchev–Trinajstić information content (AvgIpc) is 2.93. The van der Waals surface area contributed by atoms with Crippen molar-refractivity contribution in [1.82, 2.24) is 19.7 Å². The van der Waals surface area contributed by atoms with E-state index in [1.54, 1.807) is 24.5 Å². The molecule has 0 bridgehead atoms. The minimum absolute atomic E-state index is 0. The highest BCUT2D eigenvalue weighted by atomic mass is 35.5. The van der Waals surface area contributed by atoms with Crippen molar-refractivity contribution < 1.29 is 8.78 Å². The molecule has 0 saturated heterocycles. The van der Waals surface area contributed by atoms with Crippen LogP contribution in [-0.4, -0.2) is 19.7 Å². The maximum absolute atomic E-state index is 12.8. The Balaban J connectivity index is 0.00000192. The highest BCUT2D eigenvalue weighted by molar-refractivity contribution is 5.85. The molecule has 0 fully saturated rings. The molecule has 0 N–H and O–H groups in total. The quantitative estimate of drug-likeness (QED) is 0.721. The van der Waals surface area contributed by atoms with Crippen molar-refractivity contribution in [2.45, 2.75) is 19.9 Å². The number of imidazole rings is 1. The van der Waals surface area contributed by atoms with Crippen LogP contribution in [0.15, 0.2) is 48.9 Å². The molecule has 120 valence electrons. The van der Waals surface area contributed by atoms with E-state index in [9.17, 15) is 8.78 Å². The molecule has 0 aliphatic carbocycles. The third-order valence-electron chi connectivity index (χ3n) is 3.43. The molecule has 7 heteroatoms. The van der Waals surface area contributed by atoms with Gasteiger partial charge in [-0.1, -0.05) is 18.2 Å². The van der Waals surface area contributed by atoms with E-state index in [0.29, 0.717) is 12.1 Å². The summed E-state index contributed by atoms with van der Waals surface area (Å²) in [5, 5.41) is 8.07. The molecule has 0 aliphatic rings. The minimum atomic E-state index is -2.48. The van der Waals surface area contributed by atoms with E-state index in [1.807, 2.05) is 23.8 Å². The van der Waals surface area contributed by atoms with Crippen LogP contribution in [0.3, 0.4) is 0 Å². The van der Waals surface area contributed by atoms with Crippen molar-refractivity contribution in [3.63, 3.8) is 0 Å². The molecular formula is C16H15ClF2N4. The van der Waals surface area contributed by atoms with Gasteiger partial charge in [0.05, 0.1) is 18.4 Å². The standard InChI is InChI=1S/C16H14F2N4.ClH/c1-11-19-5-6-22(11)10-15-8-14(9-20-21-15)12-3-2-4-13(7-12)16(17)18;/h2-9,16H,10H2,1H3;1H. The fourth-order valence-corrected chi connectivity index (χ4v) is 2.25. The zero-order valence-electron chi connectivity index (χ0n) is 12.4. The molecule has 0 radical (unpaired) electrons. The summed E-state index contributed by atoms with van der Waals surface area (Å²) in [6, 6.07) is 8.16. The van der Waals surface area contributed by atoms with Crippen molar-refractivity contribution in [2.24, 2.45) is 0 Å². The van der Waals surface area contributed by atoms with Gasteiger partial charge in [-0.3, -0.25) is 0 Å². The van der Waals surface area contributed by atoms with E-state index >= 15 is 0 Å². The molecule has 0 atom stereocenters. The zero-order valence-corrected chi connectivity index (χ0v) is 13.2. The van der Waals surface area contributed by atoms with Gasteiger partial charge < -0.3 is 4.57 Å². The molecular weight excluding hydrogens is 322 g/mol. The van der Waals surface area contributed by atoms with E-state index in [4.69, 9.17) is 0 Å². The number of benzene rings is 1. The largest absolute Gasteiger partial charge is 0.329 e. The van der Waals surface area contributed by atoms with Crippen LogP contribution < -0.4 is 0 Å². The Labute approximate surface area is 138 Å². The fraction of sp³-hybridized carbons (Fsp3) is 0.188. The maximum atomic E-state index is 12.8. The predicted molar refractivity (Wildman–Crippen MR) is 85.7 cm³/mol. The summed E-state index contributed by atoms with van der Waals surface area (Å²) in [6.45, 7) is 2.45. The van der Waals surface area contributed by atoms with E-state index in [1.165, 1.54) is 12.1 Å². The monoisotopic (exact) mass is 336 g/mol. The summed E-state index contributed by atoms with van der Waals surface area (Å²) < 4.78 is 27.5. The van der Waals surface area contributed by atoms with Gasteiger partial charge in [0.15, 0.2) is 0 Å². The molecule has 23 heavy (non-hydrogen) atoms. The first-order valence-electron chi connectivity index (χ1n) is 6.81. The van der Waals surface area contributed by atoms with Crippen LogP contribution in [0, 0.1) is 6.92 Å². The lowest BCUT2D eigenvalue weighted by molar-refractivity contribution is 0.151. The van der Waals surface area contributed by atoms with Crippen LogP contribution in [0.2, 0.25) is 0 Å². The first-order valence-corrected chi connectivity index (χ1v) is 6.81. The number of halogens is 3. The third kappa shape index (κ3) is 3.90. The Bertz CT molecular complexity index is 789. The molecule has 0 saturated carbocycles. The van der Waals surface area contributed by atoms with E-state index in [-0.39, 0.29) is 18.0 Å². The number of aryl methyl sites for hydroxylation is 1. The molecule has 2 aromatic heterocycles. The van der Waals surface area contributed by atoms with E-state index in [2.05, 4.69) is 15.2 Å². The SMILES string of the molecule is Cc1nccn1Cc1cc(-c2cccc(C(F)F)c2)cnn1.Cl. The van der Waals surface area contributed by atoms with Crippen LogP contribution >= 0.6 is 12.4 Å². The average molecular weight is 337 g/mol. The van der Waals surface area contributed by atoms with Crippen LogP contribution in [0.1, 0.15) is 23.5 Å². The Kier molecular flexibility index (Phi) is 5.39. The van der Waals surface area contributed by atoms with Crippen LogP contribution in [0.25, 0.3) is 11.1 Å². The molecule has 4 nitrogen and oxygen atoms in total. The molecule has 2 heterocycles. The van der Waals surface area contributed by atoms with E-state index < -0.39 is 6.43 Å². The lowest BCUT2D eigenvalue weighted by Gasteiger charge is -2.07. The lowest BCUT2D eigenvalue weighted by atomic mass is 10.0. The predicted octanol–water partition coefficient (Wildman–Crippen LogP) is 4.06. The van der Waals surface area contributed by atoms with Crippen LogP contribution in [0.4, 0.5) is 8.78 Å². The maximum Gasteiger partial charge on any atom is 0.263 e. The van der Waals surface area contributed by atoms with Crippen molar-refractivity contribution in [1.29, 1.82) is 0 Å². The Morgan fingerprint density at radius 2 is 2.00 bits per heavy atom. The van der Waals surface area contributed by atoms with Gasteiger partial charge in [0.2, 0.25) is 0 Å². The number of hydrogen-bond acceptors (Lipinski definition) is 3. The Hall–Kier alpha value is -2.34. The van der Waals surface area contributed by atoms with Crippen molar-refractivity contribution in [2.75, 3.05) is 0 Å². The first kappa shape index (κ1) is 17.0. The highest BCUT2D eigenvalue weighted by Crippen LogP contribution is 2.25. The van der Waals surface area contributed by atoms with Crippen molar-refractivity contribution >= 4 is 12.4 Å². The Morgan fingerprint density at radius 3 is 2.70 bits per heavy atom. The normalized spacial score (nSPS) is 10.6.